The maximum atomic E-state index is 14.1. The summed E-state index contributed by atoms with van der Waals surface area (Å²) in [6.07, 6.45) is -0.892. The highest BCUT2D eigenvalue weighted by Gasteiger charge is 2.35. The molecule has 2 unspecified atom stereocenters. The standard InChI is InChI=1S/C11H14FNO2S/c12-11(8-5-6-16(14,15)7-8)9-3-1-2-4-10(9)13/h1-4,8,11H,5-7,13H2. The summed E-state index contributed by atoms with van der Waals surface area (Å²) >= 11 is 0. The van der Waals surface area contributed by atoms with Crippen LogP contribution in [-0.2, 0) is 9.84 Å². The van der Waals surface area contributed by atoms with E-state index in [-0.39, 0.29) is 11.5 Å². The Morgan fingerprint density at radius 3 is 2.62 bits per heavy atom. The number of hydrogen-bond acceptors (Lipinski definition) is 3. The van der Waals surface area contributed by atoms with Gasteiger partial charge in [0.05, 0.1) is 11.5 Å². The van der Waals surface area contributed by atoms with Crippen molar-refractivity contribution in [3.8, 4) is 0 Å². The Morgan fingerprint density at radius 2 is 2.06 bits per heavy atom. The van der Waals surface area contributed by atoms with Crippen LogP contribution in [0, 0.1) is 5.92 Å². The number of para-hydroxylation sites is 1. The third-order valence-corrected chi connectivity index (χ3v) is 4.77. The third kappa shape index (κ3) is 2.19. The molecule has 0 bridgehead atoms. The first-order chi connectivity index (χ1) is 7.49. The number of hydrogen-bond donors (Lipinski definition) is 1. The lowest BCUT2D eigenvalue weighted by molar-refractivity contribution is 0.252. The van der Waals surface area contributed by atoms with Crippen molar-refractivity contribution in [2.75, 3.05) is 17.2 Å². The number of benzene rings is 1. The van der Waals surface area contributed by atoms with Gasteiger partial charge in [0.1, 0.15) is 6.17 Å². The molecule has 1 aliphatic heterocycles. The lowest BCUT2D eigenvalue weighted by Gasteiger charge is -2.16. The Labute approximate surface area is 94.4 Å². The van der Waals surface area contributed by atoms with Crippen LogP contribution in [0.15, 0.2) is 24.3 Å². The van der Waals surface area contributed by atoms with Crippen molar-refractivity contribution in [2.24, 2.45) is 5.92 Å². The zero-order valence-corrected chi connectivity index (χ0v) is 9.58. The maximum Gasteiger partial charge on any atom is 0.150 e. The molecule has 16 heavy (non-hydrogen) atoms. The number of anilines is 1. The minimum atomic E-state index is -3.04. The van der Waals surface area contributed by atoms with Crippen LogP contribution in [0.4, 0.5) is 10.1 Å². The summed E-state index contributed by atoms with van der Waals surface area (Å²) < 4.78 is 36.6. The van der Waals surface area contributed by atoms with Crippen LogP contribution in [-0.4, -0.2) is 19.9 Å². The monoisotopic (exact) mass is 243 g/mol. The summed E-state index contributed by atoms with van der Waals surface area (Å²) in [5, 5.41) is 0. The first kappa shape index (κ1) is 11.4. The molecule has 0 aliphatic carbocycles. The quantitative estimate of drug-likeness (QED) is 0.804. The fraction of sp³-hybridized carbons (Fsp3) is 0.455. The molecule has 1 heterocycles. The largest absolute Gasteiger partial charge is 0.398 e. The van der Waals surface area contributed by atoms with Crippen LogP contribution in [0.2, 0.25) is 0 Å². The molecule has 1 saturated heterocycles. The number of nitrogen functional groups attached to an aromatic ring is 1. The molecule has 5 heteroatoms. The van der Waals surface area contributed by atoms with E-state index in [9.17, 15) is 12.8 Å². The van der Waals surface area contributed by atoms with Crippen molar-refractivity contribution in [3.63, 3.8) is 0 Å². The van der Waals surface area contributed by atoms with E-state index in [0.717, 1.165) is 0 Å². The molecular weight excluding hydrogens is 229 g/mol. The minimum absolute atomic E-state index is 0.0670. The van der Waals surface area contributed by atoms with E-state index in [4.69, 9.17) is 5.73 Å². The molecule has 1 fully saturated rings. The van der Waals surface area contributed by atoms with Crippen molar-refractivity contribution in [2.45, 2.75) is 12.6 Å². The van der Waals surface area contributed by atoms with Crippen LogP contribution >= 0.6 is 0 Å². The van der Waals surface area contributed by atoms with Gasteiger partial charge < -0.3 is 5.73 Å². The van der Waals surface area contributed by atoms with E-state index in [2.05, 4.69) is 0 Å². The second-order valence-corrected chi connectivity index (χ2v) is 6.42. The first-order valence-corrected chi connectivity index (χ1v) is 7.00. The van der Waals surface area contributed by atoms with Crippen LogP contribution in [0.1, 0.15) is 18.2 Å². The van der Waals surface area contributed by atoms with Crippen molar-refractivity contribution in [1.82, 2.24) is 0 Å². The molecule has 2 atom stereocenters. The van der Waals surface area contributed by atoms with Crippen LogP contribution in [0.3, 0.4) is 0 Å². The van der Waals surface area contributed by atoms with Gasteiger partial charge in [-0.3, -0.25) is 0 Å². The fourth-order valence-corrected chi connectivity index (χ4v) is 3.89. The van der Waals surface area contributed by atoms with E-state index in [1.165, 1.54) is 0 Å². The summed E-state index contributed by atoms with van der Waals surface area (Å²) in [5.74, 6) is -0.428. The molecule has 0 amide bonds. The third-order valence-electron chi connectivity index (χ3n) is 2.97. The maximum absolute atomic E-state index is 14.1. The predicted molar refractivity (Wildman–Crippen MR) is 61.5 cm³/mol. The molecule has 3 nitrogen and oxygen atoms in total. The van der Waals surface area contributed by atoms with Crippen LogP contribution < -0.4 is 5.73 Å². The average molecular weight is 243 g/mol. The molecule has 2 rings (SSSR count). The van der Waals surface area contributed by atoms with Crippen molar-refractivity contribution < 1.29 is 12.8 Å². The number of alkyl halides is 1. The first-order valence-electron chi connectivity index (χ1n) is 5.18. The second-order valence-electron chi connectivity index (χ2n) is 4.19. The molecule has 2 N–H and O–H groups in total. The Morgan fingerprint density at radius 1 is 1.38 bits per heavy atom. The topological polar surface area (TPSA) is 60.2 Å². The normalized spacial score (nSPS) is 25.4. The number of halogens is 1. The SMILES string of the molecule is Nc1ccccc1C(F)C1CCS(=O)(=O)C1. The molecule has 88 valence electrons. The van der Waals surface area contributed by atoms with E-state index >= 15 is 0 Å². The van der Waals surface area contributed by atoms with Gasteiger partial charge in [-0.05, 0) is 12.5 Å². The Bertz CT molecular complexity index is 487. The van der Waals surface area contributed by atoms with Gasteiger partial charge in [-0.2, -0.15) is 0 Å². The summed E-state index contributed by atoms with van der Waals surface area (Å²) in [6, 6.07) is 6.69. The van der Waals surface area contributed by atoms with Gasteiger partial charge in [0.2, 0.25) is 0 Å². The number of sulfone groups is 1. The van der Waals surface area contributed by atoms with E-state index in [1.807, 2.05) is 0 Å². The molecule has 0 radical (unpaired) electrons. The van der Waals surface area contributed by atoms with Gasteiger partial charge in [-0.1, -0.05) is 18.2 Å². The van der Waals surface area contributed by atoms with Gasteiger partial charge >= 0.3 is 0 Å². The Kier molecular flexibility index (Phi) is 2.88. The van der Waals surface area contributed by atoms with Crippen LogP contribution in [0.5, 0.6) is 0 Å². The Hall–Kier alpha value is -1.10. The molecule has 0 spiro atoms. The van der Waals surface area contributed by atoms with Gasteiger partial charge in [0.25, 0.3) is 0 Å². The minimum Gasteiger partial charge on any atom is -0.398 e. The highest BCUT2D eigenvalue weighted by Crippen LogP contribution is 2.36. The highest BCUT2D eigenvalue weighted by molar-refractivity contribution is 7.91. The fourth-order valence-electron chi connectivity index (χ4n) is 2.07. The van der Waals surface area contributed by atoms with Crippen molar-refractivity contribution >= 4 is 15.5 Å². The number of nitrogens with two attached hydrogens (primary N) is 1. The molecule has 0 aromatic heterocycles. The molecule has 0 saturated carbocycles. The second kappa shape index (κ2) is 4.05. The number of rotatable bonds is 2. The van der Waals surface area contributed by atoms with E-state index < -0.39 is 21.9 Å². The zero-order valence-electron chi connectivity index (χ0n) is 8.77. The van der Waals surface area contributed by atoms with E-state index in [0.29, 0.717) is 17.7 Å². The predicted octanol–water partition coefficient (Wildman–Crippen LogP) is 1.71. The molecular formula is C11H14FNO2S. The molecule has 1 aromatic carbocycles. The summed E-state index contributed by atoms with van der Waals surface area (Å²) in [7, 11) is -3.04. The molecule has 1 aromatic rings. The average Bonchev–Trinajstić information content (AvgIpc) is 2.59. The van der Waals surface area contributed by atoms with Gasteiger partial charge in [-0.25, -0.2) is 12.8 Å². The van der Waals surface area contributed by atoms with E-state index in [1.54, 1.807) is 24.3 Å². The summed E-state index contributed by atoms with van der Waals surface area (Å²) in [4.78, 5) is 0. The van der Waals surface area contributed by atoms with Gasteiger partial charge in [0.15, 0.2) is 9.84 Å². The van der Waals surface area contributed by atoms with Crippen molar-refractivity contribution in [1.29, 1.82) is 0 Å². The molecule has 1 aliphatic rings. The summed E-state index contributed by atoms with van der Waals surface area (Å²) in [6.45, 7) is 0. The van der Waals surface area contributed by atoms with Crippen molar-refractivity contribution in [3.05, 3.63) is 29.8 Å². The highest BCUT2D eigenvalue weighted by atomic mass is 32.2. The van der Waals surface area contributed by atoms with Gasteiger partial charge in [0, 0.05) is 17.2 Å². The zero-order chi connectivity index (χ0) is 11.8. The van der Waals surface area contributed by atoms with Crippen LogP contribution in [0.25, 0.3) is 0 Å². The lowest BCUT2D eigenvalue weighted by atomic mass is 9.95. The Balaban J connectivity index is 2.21. The summed E-state index contributed by atoms with van der Waals surface area (Å²) in [5.41, 5.74) is 6.46. The lowest BCUT2D eigenvalue weighted by Crippen LogP contribution is -2.12. The van der Waals surface area contributed by atoms with Gasteiger partial charge in [-0.15, -0.1) is 0 Å². The smallest absolute Gasteiger partial charge is 0.150 e.